The number of benzene rings is 3. The van der Waals surface area contributed by atoms with E-state index in [1.54, 1.807) is 12.1 Å². The SMILES string of the molecule is Cc1ccc(O)c(C(C)(C)C)c1.Cc1ccc(O)c(C(C)(C)C)c1.O=C(O)c1ccc(C(=O)O)cc1. The molecule has 0 heterocycles. The highest BCUT2D eigenvalue weighted by Crippen LogP contribution is 2.31. The van der Waals surface area contributed by atoms with Gasteiger partial charge in [0.25, 0.3) is 0 Å². The lowest BCUT2D eigenvalue weighted by Gasteiger charge is -2.20. The number of carboxylic acids is 2. The van der Waals surface area contributed by atoms with Crippen LogP contribution in [0.3, 0.4) is 0 Å². The molecular weight excluding hydrogens is 456 g/mol. The monoisotopic (exact) mass is 494 g/mol. The van der Waals surface area contributed by atoms with Crippen LogP contribution in [0.4, 0.5) is 0 Å². The highest BCUT2D eigenvalue weighted by molar-refractivity contribution is 5.91. The van der Waals surface area contributed by atoms with E-state index in [1.165, 1.54) is 35.4 Å². The van der Waals surface area contributed by atoms with Crippen molar-refractivity contribution in [1.29, 1.82) is 0 Å². The topological polar surface area (TPSA) is 115 Å². The van der Waals surface area contributed by atoms with Crippen molar-refractivity contribution in [3.63, 3.8) is 0 Å². The quantitative estimate of drug-likeness (QED) is 0.303. The fraction of sp³-hybridized carbons (Fsp3) is 0.333. The van der Waals surface area contributed by atoms with Gasteiger partial charge in [-0.25, -0.2) is 9.59 Å². The average molecular weight is 495 g/mol. The Morgan fingerprint density at radius 1 is 0.556 bits per heavy atom. The summed E-state index contributed by atoms with van der Waals surface area (Å²) in [6.45, 7) is 16.7. The highest BCUT2D eigenvalue weighted by atomic mass is 16.4. The van der Waals surface area contributed by atoms with E-state index in [0.717, 1.165) is 11.1 Å². The fourth-order valence-electron chi connectivity index (χ4n) is 3.26. The molecule has 0 saturated heterocycles. The summed E-state index contributed by atoms with van der Waals surface area (Å²) in [5.41, 5.74) is 4.63. The van der Waals surface area contributed by atoms with Gasteiger partial charge in [-0.3, -0.25) is 0 Å². The van der Waals surface area contributed by atoms with Crippen LogP contribution < -0.4 is 0 Å². The van der Waals surface area contributed by atoms with Crippen molar-refractivity contribution in [3.8, 4) is 11.5 Å². The van der Waals surface area contributed by atoms with Gasteiger partial charge in [-0.15, -0.1) is 0 Å². The number of phenols is 2. The van der Waals surface area contributed by atoms with Crippen LogP contribution in [-0.4, -0.2) is 32.4 Å². The standard InChI is InChI=1S/2C11H16O.C8H6O4/c2*1-8-5-6-10(12)9(7-8)11(2,3)4;9-7(10)5-1-2-6(4-3-5)8(11)12/h2*5-7,12H,1-4H3;1-4H,(H,9,10)(H,11,12). The van der Waals surface area contributed by atoms with E-state index in [4.69, 9.17) is 10.2 Å². The van der Waals surface area contributed by atoms with Gasteiger partial charge in [0, 0.05) is 0 Å². The van der Waals surface area contributed by atoms with Crippen LogP contribution in [-0.2, 0) is 10.8 Å². The smallest absolute Gasteiger partial charge is 0.335 e. The molecule has 0 aliphatic carbocycles. The van der Waals surface area contributed by atoms with Crippen LogP contribution in [0.25, 0.3) is 0 Å². The summed E-state index contributed by atoms with van der Waals surface area (Å²) in [4.78, 5) is 20.7. The van der Waals surface area contributed by atoms with Gasteiger partial charge in [-0.1, -0.05) is 76.9 Å². The number of rotatable bonds is 2. The molecule has 194 valence electrons. The van der Waals surface area contributed by atoms with E-state index in [0.29, 0.717) is 11.5 Å². The molecule has 0 aliphatic heterocycles. The van der Waals surface area contributed by atoms with E-state index in [9.17, 15) is 19.8 Å². The maximum atomic E-state index is 10.3. The zero-order valence-corrected chi connectivity index (χ0v) is 22.4. The molecule has 0 aliphatic rings. The van der Waals surface area contributed by atoms with E-state index in [-0.39, 0.29) is 22.0 Å². The fourth-order valence-corrected chi connectivity index (χ4v) is 3.26. The second-order valence-electron chi connectivity index (χ2n) is 10.7. The van der Waals surface area contributed by atoms with Gasteiger partial charge in [0.2, 0.25) is 0 Å². The van der Waals surface area contributed by atoms with Crippen LogP contribution in [0.2, 0.25) is 0 Å². The predicted molar refractivity (Wildman–Crippen MR) is 143 cm³/mol. The Labute approximate surface area is 213 Å². The Morgan fingerprint density at radius 2 is 0.833 bits per heavy atom. The minimum Gasteiger partial charge on any atom is -0.508 e. The molecular formula is C30H38O6. The van der Waals surface area contributed by atoms with Crippen LogP contribution in [0, 0.1) is 13.8 Å². The first kappa shape index (κ1) is 30.2. The van der Waals surface area contributed by atoms with Gasteiger partial charge in [0.15, 0.2) is 0 Å². The molecule has 3 aromatic carbocycles. The lowest BCUT2D eigenvalue weighted by atomic mass is 9.85. The Bertz CT molecular complexity index is 1090. The van der Waals surface area contributed by atoms with Gasteiger partial charge >= 0.3 is 11.9 Å². The summed E-state index contributed by atoms with van der Waals surface area (Å²) >= 11 is 0. The number of aromatic hydroxyl groups is 2. The number of aryl methyl sites for hydroxylation is 2. The summed E-state index contributed by atoms with van der Waals surface area (Å²) in [5, 5.41) is 36.1. The molecule has 0 aromatic heterocycles. The minimum atomic E-state index is -1.06. The summed E-state index contributed by atoms with van der Waals surface area (Å²) in [6, 6.07) is 16.5. The van der Waals surface area contributed by atoms with Crippen LogP contribution in [0.1, 0.15) is 84.5 Å². The molecule has 4 N–H and O–H groups in total. The highest BCUT2D eigenvalue weighted by Gasteiger charge is 2.18. The zero-order chi connectivity index (χ0) is 27.8. The summed E-state index contributed by atoms with van der Waals surface area (Å²) in [6.07, 6.45) is 0. The van der Waals surface area contributed by atoms with Crippen molar-refractivity contribution in [3.05, 3.63) is 94.0 Å². The maximum Gasteiger partial charge on any atom is 0.335 e. The van der Waals surface area contributed by atoms with E-state index in [2.05, 4.69) is 41.5 Å². The Kier molecular flexibility index (Phi) is 10.3. The summed E-state index contributed by atoms with van der Waals surface area (Å²) in [7, 11) is 0. The Morgan fingerprint density at radius 3 is 1.03 bits per heavy atom. The molecule has 6 nitrogen and oxygen atoms in total. The molecule has 0 bridgehead atoms. The number of carbonyl (C=O) groups is 2. The minimum absolute atomic E-state index is 0.0239. The third kappa shape index (κ3) is 9.45. The summed E-state index contributed by atoms with van der Waals surface area (Å²) < 4.78 is 0. The van der Waals surface area contributed by atoms with Crippen LogP contribution in [0.5, 0.6) is 11.5 Å². The van der Waals surface area contributed by atoms with Crippen LogP contribution >= 0.6 is 0 Å². The molecule has 0 radical (unpaired) electrons. The van der Waals surface area contributed by atoms with Gasteiger partial charge in [0.05, 0.1) is 11.1 Å². The van der Waals surface area contributed by atoms with Crippen molar-refractivity contribution in [1.82, 2.24) is 0 Å². The number of carboxylic acid groups (broad SMARTS) is 2. The summed E-state index contributed by atoms with van der Waals surface area (Å²) in [5.74, 6) is -1.33. The van der Waals surface area contributed by atoms with Gasteiger partial charge in [0.1, 0.15) is 11.5 Å². The number of aromatic carboxylic acids is 2. The Balaban J connectivity index is 0.000000270. The number of hydrogen-bond acceptors (Lipinski definition) is 4. The molecule has 0 saturated carbocycles. The van der Waals surface area contributed by atoms with Crippen molar-refractivity contribution >= 4 is 11.9 Å². The second kappa shape index (κ2) is 12.2. The lowest BCUT2D eigenvalue weighted by molar-refractivity contribution is 0.0681. The van der Waals surface area contributed by atoms with Gasteiger partial charge < -0.3 is 20.4 Å². The average Bonchev–Trinajstić information content (AvgIpc) is 2.76. The van der Waals surface area contributed by atoms with E-state index in [1.807, 2.05) is 38.1 Å². The Hall–Kier alpha value is -3.80. The lowest BCUT2D eigenvalue weighted by Crippen LogP contribution is -2.11. The number of phenolic OH excluding ortho intramolecular Hbond substituents is 2. The van der Waals surface area contributed by atoms with Crippen molar-refractivity contribution in [2.45, 2.75) is 66.2 Å². The molecule has 6 heteroatoms. The number of hydrogen-bond donors (Lipinski definition) is 4. The normalized spacial score (nSPS) is 10.9. The van der Waals surface area contributed by atoms with Gasteiger partial charge in [-0.2, -0.15) is 0 Å². The molecule has 0 amide bonds. The molecule has 3 aromatic rings. The van der Waals surface area contributed by atoms with Crippen LogP contribution in [0.15, 0.2) is 60.7 Å². The van der Waals surface area contributed by atoms with E-state index >= 15 is 0 Å². The largest absolute Gasteiger partial charge is 0.508 e. The first-order chi connectivity index (χ1) is 16.4. The maximum absolute atomic E-state index is 10.3. The molecule has 0 fully saturated rings. The molecule has 3 rings (SSSR count). The van der Waals surface area contributed by atoms with Crippen molar-refractivity contribution in [2.24, 2.45) is 0 Å². The second-order valence-corrected chi connectivity index (χ2v) is 10.7. The molecule has 0 spiro atoms. The molecule has 0 unspecified atom stereocenters. The van der Waals surface area contributed by atoms with Crippen molar-refractivity contribution < 1.29 is 30.0 Å². The molecule has 36 heavy (non-hydrogen) atoms. The first-order valence-electron chi connectivity index (χ1n) is 11.6. The van der Waals surface area contributed by atoms with Gasteiger partial charge in [-0.05, 0) is 72.2 Å². The molecule has 0 atom stereocenters. The predicted octanol–water partition coefficient (Wildman–Crippen LogP) is 7.08. The van der Waals surface area contributed by atoms with E-state index < -0.39 is 11.9 Å². The van der Waals surface area contributed by atoms with Crippen molar-refractivity contribution in [2.75, 3.05) is 0 Å². The third-order valence-corrected chi connectivity index (χ3v) is 5.30. The first-order valence-corrected chi connectivity index (χ1v) is 11.6. The third-order valence-electron chi connectivity index (χ3n) is 5.30. The zero-order valence-electron chi connectivity index (χ0n) is 22.4.